The number of anilines is 1. The van der Waals surface area contributed by atoms with E-state index < -0.39 is 0 Å². The number of rotatable bonds is 5. The lowest BCUT2D eigenvalue weighted by Crippen LogP contribution is -2.34. The number of nitrogens with zero attached hydrogens (tertiary/aromatic N) is 1. The number of carbonyl (C=O) groups excluding carboxylic acids is 1. The molecule has 2 aromatic carbocycles. The van der Waals surface area contributed by atoms with Crippen molar-refractivity contribution in [3.8, 4) is 5.75 Å². The molecule has 0 heterocycles. The molecule has 0 saturated carbocycles. The summed E-state index contributed by atoms with van der Waals surface area (Å²) in [6, 6.07) is 12.9. The van der Waals surface area contributed by atoms with Gasteiger partial charge in [-0.2, -0.15) is 0 Å². The number of likely N-dealkylation sites (N-methyl/N-ethyl adjacent to an activating group) is 1. The summed E-state index contributed by atoms with van der Waals surface area (Å²) >= 11 is 5.82. The van der Waals surface area contributed by atoms with Gasteiger partial charge >= 0.3 is 6.03 Å². The number of ether oxygens (including phenoxy) is 1. The SMILES string of the molecule is Cc1cccc(C)c1NC(=O)N(C)CCOc1ccc(Cl)cc1. The third-order valence-corrected chi connectivity index (χ3v) is 3.82. The zero-order valence-electron chi connectivity index (χ0n) is 13.6. The quantitative estimate of drug-likeness (QED) is 0.875. The number of urea groups is 1. The van der Waals surface area contributed by atoms with Crippen molar-refractivity contribution in [2.75, 3.05) is 25.5 Å². The highest BCUT2D eigenvalue weighted by Crippen LogP contribution is 2.19. The molecule has 4 nitrogen and oxygen atoms in total. The highest BCUT2D eigenvalue weighted by atomic mass is 35.5. The molecule has 2 rings (SSSR count). The molecule has 0 spiro atoms. The van der Waals surface area contributed by atoms with Crippen molar-refractivity contribution < 1.29 is 9.53 Å². The molecule has 0 aliphatic heterocycles. The topological polar surface area (TPSA) is 41.6 Å². The molecule has 0 aromatic heterocycles. The van der Waals surface area contributed by atoms with Crippen LogP contribution in [0.5, 0.6) is 5.75 Å². The molecule has 23 heavy (non-hydrogen) atoms. The summed E-state index contributed by atoms with van der Waals surface area (Å²) < 4.78 is 5.60. The van der Waals surface area contributed by atoms with E-state index in [-0.39, 0.29) is 6.03 Å². The average molecular weight is 333 g/mol. The average Bonchev–Trinajstić information content (AvgIpc) is 2.52. The Morgan fingerprint density at radius 2 is 1.74 bits per heavy atom. The molecule has 1 N–H and O–H groups in total. The van der Waals surface area contributed by atoms with E-state index in [4.69, 9.17) is 16.3 Å². The Morgan fingerprint density at radius 3 is 2.35 bits per heavy atom. The largest absolute Gasteiger partial charge is 0.492 e. The number of aryl methyl sites for hydroxylation is 2. The van der Waals surface area contributed by atoms with Gasteiger partial charge in [-0.3, -0.25) is 0 Å². The van der Waals surface area contributed by atoms with Gasteiger partial charge < -0.3 is 15.0 Å². The van der Waals surface area contributed by atoms with Crippen LogP contribution in [0.15, 0.2) is 42.5 Å². The monoisotopic (exact) mass is 332 g/mol. The molecule has 0 fully saturated rings. The number of para-hydroxylation sites is 1. The van der Waals surface area contributed by atoms with Crippen molar-refractivity contribution in [3.05, 3.63) is 58.6 Å². The van der Waals surface area contributed by atoms with Crippen LogP contribution in [0.1, 0.15) is 11.1 Å². The van der Waals surface area contributed by atoms with Gasteiger partial charge in [0, 0.05) is 17.8 Å². The fourth-order valence-corrected chi connectivity index (χ4v) is 2.27. The van der Waals surface area contributed by atoms with Gasteiger partial charge in [-0.1, -0.05) is 29.8 Å². The van der Waals surface area contributed by atoms with E-state index in [2.05, 4.69) is 5.32 Å². The number of hydrogen-bond acceptors (Lipinski definition) is 2. The fourth-order valence-electron chi connectivity index (χ4n) is 2.15. The first-order chi connectivity index (χ1) is 11.0. The van der Waals surface area contributed by atoms with Crippen LogP contribution in [0.4, 0.5) is 10.5 Å². The maximum atomic E-state index is 12.2. The predicted octanol–water partition coefficient (Wildman–Crippen LogP) is 4.50. The maximum absolute atomic E-state index is 12.2. The second kappa shape index (κ2) is 7.88. The molecule has 0 atom stereocenters. The Labute approximate surface area is 142 Å². The first kappa shape index (κ1) is 17.2. The minimum absolute atomic E-state index is 0.151. The summed E-state index contributed by atoms with van der Waals surface area (Å²) in [6.45, 7) is 4.86. The van der Waals surface area contributed by atoms with Crippen molar-refractivity contribution in [2.45, 2.75) is 13.8 Å². The molecule has 2 amide bonds. The van der Waals surface area contributed by atoms with Gasteiger partial charge in [-0.25, -0.2) is 4.79 Å². The van der Waals surface area contributed by atoms with Gasteiger partial charge in [-0.15, -0.1) is 0 Å². The molecule has 0 bridgehead atoms. The standard InChI is InChI=1S/C18H21ClN2O2/c1-13-5-4-6-14(2)17(13)20-18(22)21(3)11-12-23-16-9-7-15(19)8-10-16/h4-10H,11-12H2,1-3H3,(H,20,22). The molecular weight excluding hydrogens is 312 g/mol. The Morgan fingerprint density at radius 1 is 1.13 bits per heavy atom. The van der Waals surface area contributed by atoms with Crippen molar-refractivity contribution in [2.24, 2.45) is 0 Å². The summed E-state index contributed by atoms with van der Waals surface area (Å²) in [5.41, 5.74) is 2.95. The molecule has 0 unspecified atom stereocenters. The number of amides is 2. The fraction of sp³-hybridized carbons (Fsp3) is 0.278. The smallest absolute Gasteiger partial charge is 0.321 e. The summed E-state index contributed by atoms with van der Waals surface area (Å²) in [7, 11) is 1.74. The van der Waals surface area contributed by atoms with Gasteiger partial charge in [0.15, 0.2) is 0 Å². The van der Waals surface area contributed by atoms with Crippen molar-refractivity contribution in [1.82, 2.24) is 4.90 Å². The van der Waals surface area contributed by atoms with Crippen molar-refractivity contribution >= 4 is 23.3 Å². The van der Waals surface area contributed by atoms with E-state index in [0.717, 1.165) is 22.6 Å². The van der Waals surface area contributed by atoms with Crippen LogP contribution in [0.25, 0.3) is 0 Å². The molecule has 122 valence electrons. The Bertz CT molecular complexity index is 651. The van der Waals surface area contributed by atoms with Crippen LogP contribution in [0, 0.1) is 13.8 Å². The van der Waals surface area contributed by atoms with Gasteiger partial charge in [0.25, 0.3) is 0 Å². The molecular formula is C18H21ClN2O2. The zero-order valence-corrected chi connectivity index (χ0v) is 14.4. The highest BCUT2D eigenvalue weighted by Gasteiger charge is 2.11. The zero-order chi connectivity index (χ0) is 16.8. The highest BCUT2D eigenvalue weighted by molar-refractivity contribution is 6.30. The van der Waals surface area contributed by atoms with E-state index in [0.29, 0.717) is 18.2 Å². The van der Waals surface area contributed by atoms with Crippen molar-refractivity contribution in [1.29, 1.82) is 0 Å². The second-order valence-electron chi connectivity index (χ2n) is 5.42. The first-order valence-corrected chi connectivity index (χ1v) is 7.82. The maximum Gasteiger partial charge on any atom is 0.321 e. The first-order valence-electron chi connectivity index (χ1n) is 7.44. The van der Waals surface area contributed by atoms with Crippen LogP contribution < -0.4 is 10.1 Å². The Balaban J connectivity index is 1.84. The van der Waals surface area contributed by atoms with E-state index in [1.54, 1.807) is 36.2 Å². The molecule has 5 heteroatoms. The Hall–Kier alpha value is -2.20. The van der Waals surface area contributed by atoms with Gasteiger partial charge in [0.2, 0.25) is 0 Å². The third kappa shape index (κ3) is 4.89. The molecule has 2 aromatic rings. The lowest BCUT2D eigenvalue weighted by Gasteiger charge is -2.20. The number of nitrogens with one attached hydrogen (secondary N) is 1. The minimum Gasteiger partial charge on any atom is -0.492 e. The molecule has 0 saturated heterocycles. The normalized spacial score (nSPS) is 10.3. The van der Waals surface area contributed by atoms with Crippen LogP contribution in [-0.4, -0.2) is 31.1 Å². The summed E-state index contributed by atoms with van der Waals surface area (Å²) in [5.74, 6) is 0.734. The van der Waals surface area contributed by atoms with Crippen molar-refractivity contribution in [3.63, 3.8) is 0 Å². The molecule has 0 aliphatic carbocycles. The molecule has 0 aliphatic rings. The van der Waals surface area contributed by atoms with Crippen LogP contribution in [0.2, 0.25) is 5.02 Å². The summed E-state index contributed by atoms with van der Waals surface area (Å²) in [4.78, 5) is 13.8. The lowest BCUT2D eigenvalue weighted by atomic mass is 10.1. The van der Waals surface area contributed by atoms with Crippen LogP contribution in [-0.2, 0) is 0 Å². The van der Waals surface area contributed by atoms with Gasteiger partial charge in [0.05, 0.1) is 6.54 Å². The number of hydrogen-bond donors (Lipinski definition) is 1. The number of benzene rings is 2. The second-order valence-corrected chi connectivity index (χ2v) is 5.86. The third-order valence-electron chi connectivity index (χ3n) is 3.57. The Kier molecular flexibility index (Phi) is 5.88. The minimum atomic E-state index is -0.151. The molecule has 0 radical (unpaired) electrons. The summed E-state index contributed by atoms with van der Waals surface area (Å²) in [6.07, 6.45) is 0. The van der Waals surface area contributed by atoms with E-state index in [1.807, 2.05) is 32.0 Å². The van der Waals surface area contributed by atoms with Gasteiger partial charge in [-0.05, 0) is 49.2 Å². The van der Waals surface area contributed by atoms with Gasteiger partial charge in [0.1, 0.15) is 12.4 Å². The number of halogens is 1. The van der Waals surface area contributed by atoms with E-state index >= 15 is 0 Å². The van der Waals surface area contributed by atoms with Crippen LogP contribution >= 0.6 is 11.6 Å². The predicted molar refractivity (Wildman–Crippen MR) is 94.5 cm³/mol. The van der Waals surface area contributed by atoms with E-state index in [1.165, 1.54) is 0 Å². The summed E-state index contributed by atoms with van der Waals surface area (Å²) in [5, 5.41) is 3.62. The van der Waals surface area contributed by atoms with E-state index in [9.17, 15) is 4.79 Å². The number of carbonyl (C=O) groups is 1. The van der Waals surface area contributed by atoms with Crippen LogP contribution in [0.3, 0.4) is 0 Å². The lowest BCUT2D eigenvalue weighted by molar-refractivity contribution is 0.207.